The third-order valence-electron chi connectivity index (χ3n) is 4.62. The second kappa shape index (κ2) is 6.20. The summed E-state index contributed by atoms with van der Waals surface area (Å²) in [5.41, 5.74) is 3.56. The highest BCUT2D eigenvalue weighted by Gasteiger charge is 2.21. The Kier molecular flexibility index (Phi) is 4.20. The van der Waals surface area contributed by atoms with Crippen LogP contribution in [0.25, 0.3) is 11.0 Å². The lowest BCUT2D eigenvalue weighted by Crippen LogP contribution is -2.38. The van der Waals surface area contributed by atoms with Gasteiger partial charge in [-0.2, -0.15) is 0 Å². The maximum absolute atomic E-state index is 12.9. The molecule has 3 aromatic rings. The molecule has 0 saturated carbocycles. The summed E-state index contributed by atoms with van der Waals surface area (Å²) in [4.78, 5) is 31.6. The highest BCUT2D eigenvalue weighted by molar-refractivity contribution is 5.93. The van der Waals surface area contributed by atoms with Crippen LogP contribution in [-0.4, -0.2) is 20.7 Å². The molecule has 3 rings (SSSR count). The number of pyridine rings is 1. The average Bonchev–Trinajstić information content (AvgIpc) is 2.61. The minimum Gasteiger partial charge on any atom is -0.341 e. The molecule has 0 aliphatic heterocycles. The summed E-state index contributed by atoms with van der Waals surface area (Å²) >= 11 is 0. The second-order valence-electron chi connectivity index (χ2n) is 6.22. The second-order valence-corrected chi connectivity index (χ2v) is 6.22. The van der Waals surface area contributed by atoms with E-state index in [1.54, 1.807) is 13.2 Å². The Bertz CT molecular complexity index is 1080. The zero-order valence-corrected chi connectivity index (χ0v) is 15.2. The Balaban J connectivity index is 2.47. The van der Waals surface area contributed by atoms with Crippen LogP contribution in [0.1, 0.15) is 18.1 Å². The topological polar surface area (TPSA) is 60.1 Å². The Morgan fingerprint density at radius 3 is 2.36 bits per heavy atom. The summed E-state index contributed by atoms with van der Waals surface area (Å²) in [7, 11) is 3.14. The molecular weight excluding hydrogens is 316 g/mol. The average molecular weight is 338 g/mol. The first-order valence-electron chi connectivity index (χ1n) is 8.27. The van der Waals surface area contributed by atoms with Crippen LogP contribution in [0.5, 0.6) is 0 Å². The van der Waals surface area contributed by atoms with Crippen LogP contribution in [0.15, 0.2) is 40.1 Å². The van der Waals surface area contributed by atoms with Gasteiger partial charge in [-0.3, -0.25) is 13.9 Å². The molecule has 2 heterocycles. The van der Waals surface area contributed by atoms with Crippen molar-refractivity contribution in [3.8, 4) is 0 Å². The van der Waals surface area contributed by atoms with Crippen molar-refractivity contribution in [2.24, 2.45) is 14.1 Å². The summed E-state index contributed by atoms with van der Waals surface area (Å²) in [5.74, 6) is 0. The molecular formula is C19H22N4O2. The number of para-hydroxylation sites is 1. The van der Waals surface area contributed by atoms with Crippen LogP contribution in [0.2, 0.25) is 0 Å². The standard InChI is InChI=1S/C19H22N4O2/c1-6-23(14-10-8-7-9-12(14)2)16-13(3)11-20-17-15(16)18(24)22(5)19(25)21(17)4/h7-11H,6H2,1-5H3. The van der Waals surface area contributed by atoms with E-state index in [4.69, 9.17) is 0 Å². The number of anilines is 2. The van der Waals surface area contributed by atoms with Crippen molar-refractivity contribution in [2.75, 3.05) is 11.4 Å². The molecule has 0 atom stereocenters. The number of nitrogens with zero attached hydrogens (tertiary/aromatic N) is 4. The van der Waals surface area contributed by atoms with Gasteiger partial charge >= 0.3 is 5.69 Å². The molecule has 0 saturated heterocycles. The van der Waals surface area contributed by atoms with Crippen molar-refractivity contribution in [2.45, 2.75) is 20.8 Å². The fraction of sp³-hybridized carbons (Fsp3) is 0.316. The molecule has 0 aliphatic rings. The first-order valence-corrected chi connectivity index (χ1v) is 8.27. The van der Waals surface area contributed by atoms with E-state index in [0.717, 1.165) is 27.1 Å². The van der Waals surface area contributed by atoms with Crippen LogP contribution < -0.4 is 16.1 Å². The van der Waals surface area contributed by atoms with Crippen molar-refractivity contribution >= 4 is 22.4 Å². The largest absolute Gasteiger partial charge is 0.341 e. The predicted molar refractivity (Wildman–Crippen MR) is 101 cm³/mol. The molecule has 2 aromatic heterocycles. The van der Waals surface area contributed by atoms with Gasteiger partial charge in [0.1, 0.15) is 5.39 Å². The molecule has 0 N–H and O–H groups in total. The first-order chi connectivity index (χ1) is 11.9. The monoisotopic (exact) mass is 338 g/mol. The Morgan fingerprint density at radius 2 is 1.72 bits per heavy atom. The third kappa shape index (κ3) is 2.54. The lowest BCUT2D eigenvalue weighted by Gasteiger charge is -2.28. The zero-order chi connectivity index (χ0) is 18.3. The lowest BCUT2D eigenvalue weighted by atomic mass is 10.1. The summed E-state index contributed by atoms with van der Waals surface area (Å²) < 4.78 is 2.56. The maximum Gasteiger partial charge on any atom is 0.332 e. The van der Waals surface area contributed by atoms with Crippen molar-refractivity contribution in [3.63, 3.8) is 0 Å². The molecule has 0 radical (unpaired) electrons. The van der Waals surface area contributed by atoms with Gasteiger partial charge < -0.3 is 4.90 Å². The molecule has 25 heavy (non-hydrogen) atoms. The minimum absolute atomic E-state index is 0.323. The van der Waals surface area contributed by atoms with Gasteiger partial charge in [0.05, 0.1) is 5.69 Å². The maximum atomic E-state index is 12.9. The molecule has 0 fully saturated rings. The number of benzene rings is 1. The van der Waals surface area contributed by atoms with E-state index in [1.807, 2.05) is 45.0 Å². The van der Waals surface area contributed by atoms with Crippen LogP contribution in [0.4, 0.5) is 11.4 Å². The van der Waals surface area contributed by atoms with Gasteiger partial charge in [0, 0.05) is 32.5 Å². The molecule has 130 valence electrons. The van der Waals surface area contributed by atoms with E-state index < -0.39 is 0 Å². The Hall–Kier alpha value is -2.89. The number of rotatable bonds is 3. The molecule has 6 nitrogen and oxygen atoms in total. The van der Waals surface area contributed by atoms with E-state index in [0.29, 0.717) is 17.6 Å². The smallest absolute Gasteiger partial charge is 0.332 e. The van der Waals surface area contributed by atoms with Crippen molar-refractivity contribution < 1.29 is 0 Å². The predicted octanol–water partition coefficient (Wildman–Crippen LogP) is 2.41. The van der Waals surface area contributed by atoms with Crippen molar-refractivity contribution in [1.29, 1.82) is 0 Å². The number of hydrogen-bond acceptors (Lipinski definition) is 4. The van der Waals surface area contributed by atoms with Crippen molar-refractivity contribution in [3.05, 3.63) is 62.4 Å². The van der Waals surface area contributed by atoms with Crippen LogP contribution in [-0.2, 0) is 14.1 Å². The minimum atomic E-state index is -0.376. The van der Waals surface area contributed by atoms with Crippen LogP contribution in [0, 0.1) is 13.8 Å². The zero-order valence-electron chi connectivity index (χ0n) is 15.2. The van der Waals surface area contributed by atoms with Gasteiger partial charge in [0.15, 0.2) is 5.65 Å². The normalized spacial score (nSPS) is 11.1. The molecule has 0 aliphatic carbocycles. The van der Waals surface area contributed by atoms with Gasteiger partial charge in [-0.05, 0) is 38.0 Å². The highest BCUT2D eigenvalue weighted by atomic mass is 16.2. The lowest BCUT2D eigenvalue weighted by molar-refractivity contribution is 0.707. The van der Waals surface area contributed by atoms with Crippen molar-refractivity contribution in [1.82, 2.24) is 14.1 Å². The van der Waals surface area contributed by atoms with E-state index in [2.05, 4.69) is 9.88 Å². The number of aromatic nitrogens is 3. The van der Waals surface area contributed by atoms with E-state index in [9.17, 15) is 9.59 Å². The van der Waals surface area contributed by atoms with Gasteiger partial charge in [0.2, 0.25) is 0 Å². The van der Waals surface area contributed by atoms with Crippen LogP contribution >= 0.6 is 0 Å². The summed E-state index contributed by atoms with van der Waals surface area (Å²) in [6.45, 7) is 6.72. The fourth-order valence-corrected chi connectivity index (χ4v) is 3.27. The SMILES string of the molecule is CCN(c1ccccc1C)c1c(C)cnc2c1c(=O)n(C)c(=O)n2C. The highest BCUT2D eigenvalue weighted by Crippen LogP contribution is 2.33. The molecule has 0 unspecified atom stereocenters. The molecule has 1 aromatic carbocycles. The van der Waals surface area contributed by atoms with Gasteiger partial charge in [-0.15, -0.1) is 0 Å². The van der Waals surface area contributed by atoms with Crippen LogP contribution in [0.3, 0.4) is 0 Å². The molecule has 0 amide bonds. The number of aryl methyl sites for hydroxylation is 3. The fourth-order valence-electron chi connectivity index (χ4n) is 3.27. The molecule has 6 heteroatoms. The number of hydrogen-bond donors (Lipinski definition) is 0. The third-order valence-corrected chi connectivity index (χ3v) is 4.62. The Labute approximate surface area is 146 Å². The summed E-state index contributed by atoms with van der Waals surface area (Å²) in [6.07, 6.45) is 1.72. The summed E-state index contributed by atoms with van der Waals surface area (Å²) in [5, 5.41) is 0.467. The van der Waals surface area contributed by atoms with E-state index in [1.165, 1.54) is 11.6 Å². The van der Waals surface area contributed by atoms with E-state index >= 15 is 0 Å². The molecule has 0 spiro atoms. The van der Waals surface area contributed by atoms with Gasteiger partial charge in [-0.25, -0.2) is 9.78 Å². The quantitative estimate of drug-likeness (QED) is 0.736. The summed E-state index contributed by atoms with van der Waals surface area (Å²) in [6, 6.07) is 8.06. The van der Waals surface area contributed by atoms with Gasteiger partial charge in [-0.1, -0.05) is 18.2 Å². The number of fused-ring (bicyclic) bond motifs is 1. The Morgan fingerprint density at radius 1 is 1.04 bits per heavy atom. The van der Waals surface area contributed by atoms with Gasteiger partial charge in [0.25, 0.3) is 5.56 Å². The molecule has 0 bridgehead atoms. The first kappa shape index (κ1) is 17.0. The van der Waals surface area contributed by atoms with E-state index in [-0.39, 0.29) is 11.2 Å².